The van der Waals surface area contributed by atoms with Crippen LogP contribution in [0.5, 0.6) is 0 Å². The van der Waals surface area contributed by atoms with Crippen molar-refractivity contribution in [3.63, 3.8) is 0 Å². The first-order chi connectivity index (χ1) is 12.0. The summed E-state index contributed by atoms with van der Waals surface area (Å²) >= 11 is 0. The van der Waals surface area contributed by atoms with Crippen molar-refractivity contribution in [1.29, 1.82) is 0 Å². The SMILES string of the molecule is Cc1nc(CNC(=O)c2cnn(-c3ccccn3)c2C(C)C)[nH]c1C. The number of H-pyrrole nitrogens is 1. The van der Waals surface area contributed by atoms with Crippen LogP contribution in [0.1, 0.15) is 53.0 Å². The summed E-state index contributed by atoms with van der Waals surface area (Å²) in [4.78, 5) is 24.5. The molecule has 0 unspecified atom stereocenters. The Hall–Kier alpha value is -2.96. The number of hydrogen-bond acceptors (Lipinski definition) is 4. The normalized spacial score (nSPS) is 11.1. The molecule has 3 rings (SSSR count). The zero-order valence-corrected chi connectivity index (χ0v) is 14.9. The monoisotopic (exact) mass is 338 g/mol. The molecule has 0 aromatic carbocycles. The lowest BCUT2D eigenvalue weighted by Gasteiger charge is -2.12. The van der Waals surface area contributed by atoms with Crippen molar-refractivity contribution in [3.05, 3.63) is 59.1 Å². The van der Waals surface area contributed by atoms with E-state index in [1.807, 2.05) is 45.9 Å². The van der Waals surface area contributed by atoms with E-state index in [0.29, 0.717) is 17.9 Å². The molecule has 0 aliphatic rings. The van der Waals surface area contributed by atoms with Gasteiger partial charge in [0.05, 0.1) is 29.7 Å². The molecule has 0 atom stereocenters. The Labute approximate surface area is 146 Å². The Balaban J connectivity index is 1.84. The van der Waals surface area contributed by atoms with Crippen LogP contribution in [-0.2, 0) is 6.54 Å². The number of rotatable bonds is 5. The molecule has 3 heterocycles. The Morgan fingerprint density at radius 3 is 2.72 bits per heavy atom. The second-order valence-electron chi connectivity index (χ2n) is 6.27. The molecule has 3 aromatic heterocycles. The molecule has 0 saturated carbocycles. The lowest BCUT2D eigenvalue weighted by molar-refractivity contribution is 0.0948. The quantitative estimate of drug-likeness (QED) is 0.748. The molecular formula is C18H22N6O. The van der Waals surface area contributed by atoms with Crippen LogP contribution in [-0.4, -0.2) is 30.6 Å². The largest absolute Gasteiger partial charge is 0.345 e. The zero-order valence-electron chi connectivity index (χ0n) is 14.9. The summed E-state index contributed by atoms with van der Waals surface area (Å²) in [5, 5.41) is 7.28. The van der Waals surface area contributed by atoms with Gasteiger partial charge in [-0.05, 0) is 31.9 Å². The van der Waals surface area contributed by atoms with Gasteiger partial charge < -0.3 is 10.3 Å². The minimum absolute atomic E-state index is 0.123. The molecule has 1 amide bonds. The summed E-state index contributed by atoms with van der Waals surface area (Å²) in [5.74, 6) is 1.39. The van der Waals surface area contributed by atoms with E-state index in [4.69, 9.17) is 0 Å². The average molecular weight is 338 g/mol. The van der Waals surface area contributed by atoms with Gasteiger partial charge in [-0.3, -0.25) is 4.79 Å². The second-order valence-corrected chi connectivity index (χ2v) is 6.27. The predicted octanol–water partition coefficient (Wildman–Crippen LogP) is 2.66. The first-order valence-corrected chi connectivity index (χ1v) is 8.27. The number of aromatic nitrogens is 5. The van der Waals surface area contributed by atoms with Crippen LogP contribution in [0.25, 0.3) is 5.82 Å². The van der Waals surface area contributed by atoms with Crippen molar-refractivity contribution in [2.75, 3.05) is 0 Å². The summed E-state index contributed by atoms with van der Waals surface area (Å²) in [6.07, 6.45) is 3.31. The number of nitrogens with one attached hydrogen (secondary N) is 2. The smallest absolute Gasteiger partial charge is 0.255 e. The van der Waals surface area contributed by atoms with E-state index in [9.17, 15) is 4.79 Å². The first kappa shape index (κ1) is 16.9. The molecule has 0 spiro atoms. The van der Waals surface area contributed by atoms with Crippen LogP contribution in [0.2, 0.25) is 0 Å². The van der Waals surface area contributed by atoms with E-state index in [1.54, 1.807) is 17.1 Å². The molecule has 2 N–H and O–H groups in total. The van der Waals surface area contributed by atoms with Crippen molar-refractivity contribution < 1.29 is 4.79 Å². The molecule has 7 nitrogen and oxygen atoms in total. The number of aryl methyl sites for hydroxylation is 2. The van der Waals surface area contributed by atoms with Crippen LogP contribution in [0.15, 0.2) is 30.6 Å². The highest BCUT2D eigenvalue weighted by molar-refractivity contribution is 5.95. The molecule has 0 saturated heterocycles. The number of carbonyl (C=O) groups excluding carboxylic acids is 1. The number of aromatic amines is 1. The van der Waals surface area contributed by atoms with E-state index >= 15 is 0 Å². The summed E-state index contributed by atoms with van der Waals surface area (Å²) in [7, 11) is 0. The van der Waals surface area contributed by atoms with Gasteiger partial charge in [-0.15, -0.1) is 0 Å². The standard InChI is InChI=1S/C18H22N6O/c1-11(2)17-14(9-21-24(17)16-7-5-6-8-19-16)18(25)20-10-15-22-12(3)13(4)23-15/h5-9,11H,10H2,1-4H3,(H,20,25)(H,22,23). The van der Waals surface area contributed by atoms with Crippen molar-refractivity contribution in [2.24, 2.45) is 0 Å². The zero-order chi connectivity index (χ0) is 18.0. The third-order valence-corrected chi connectivity index (χ3v) is 4.06. The van der Waals surface area contributed by atoms with Gasteiger partial charge in [0.25, 0.3) is 5.91 Å². The lowest BCUT2D eigenvalue weighted by Crippen LogP contribution is -2.24. The highest BCUT2D eigenvalue weighted by Crippen LogP contribution is 2.22. The number of imidazole rings is 1. The number of amides is 1. The summed E-state index contributed by atoms with van der Waals surface area (Å²) in [6.45, 7) is 8.31. The molecule has 25 heavy (non-hydrogen) atoms. The number of hydrogen-bond donors (Lipinski definition) is 2. The molecular weight excluding hydrogens is 316 g/mol. The molecule has 3 aromatic rings. The Bertz CT molecular complexity index is 859. The van der Waals surface area contributed by atoms with Gasteiger partial charge in [0.1, 0.15) is 5.82 Å². The summed E-state index contributed by atoms with van der Waals surface area (Å²) < 4.78 is 1.72. The fourth-order valence-corrected chi connectivity index (χ4v) is 2.71. The maximum atomic E-state index is 12.7. The van der Waals surface area contributed by atoms with E-state index in [0.717, 1.165) is 22.9 Å². The topological polar surface area (TPSA) is 88.5 Å². The molecule has 0 fully saturated rings. The van der Waals surface area contributed by atoms with Crippen molar-refractivity contribution in [1.82, 2.24) is 30.0 Å². The van der Waals surface area contributed by atoms with E-state index in [-0.39, 0.29) is 11.8 Å². The van der Waals surface area contributed by atoms with Crippen molar-refractivity contribution in [3.8, 4) is 5.82 Å². The molecule has 130 valence electrons. The van der Waals surface area contributed by atoms with Crippen LogP contribution in [0.3, 0.4) is 0 Å². The molecule has 0 radical (unpaired) electrons. The van der Waals surface area contributed by atoms with Crippen molar-refractivity contribution >= 4 is 5.91 Å². The van der Waals surface area contributed by atoms with E-state index in [1.165, 1.54) is 0 Å². The predicted molar refractivity (Wildman–Crippen MR) is 94.7 cm³/mol. The average Bonchev–Trinajstić information content (AvgIpc) is 3.17. The Kier molecular flexibility index (Phi) is 4.65. The third kappa shape index (κ3) is 3.45. The van der Waals surface area contributed by atoms with Crippen LogP contribution >= 0.6 is 0 Å². The van der Waals surface area contributed by atoms with Gasteiger partial charge in [0.15, 0.2) is 5.82 Å². The van der Waals surface area contributed by atoms with Gasteiger partial charge in [-0.25, -0.2) is 14.6 Å². The second kappa shape index (κ2) is 6.88. The van der Waals surface area contributed by atoms with Gasteiger partial charge in [-0.2, -0.15) is 5.10 Å². The van der Waals surface area contributed by atoms with Crippen LogP contribution in [0, 0.1) is 13.8 Å². The van der Waals surface area contributed by atoms with E-state index in [2.05, 4.69) is 25.4 Å². The minimum atomic E-state index is -0.169. The maximum Gasteiger partial charge on any atom is 0.255 e. The highest BCUT2D eigenvalue weighted by Gasteiger charge is 2.21. The number of pyridine rings is 1. The molecule has 0 bridgehead atoms. The molecule has 7 heteroatoms. The molecule has 0 aliphatic heterocycles. The van der Waals surface area contributed by atoms with Gasteiger partial charge in [-0.1, -0.05) is 19.9 Å². The van der Waals surface area contributed by atoms with Crippen LogP contribution in [0.4, 0.5) is 0 Å². The molecule has 0 aliphatic carbocycles. The van der Waals surface area contributed by atoms with Gasteiger partial charge in [0.2, 0.25) is 0 Å². The highest BCUT2D eigenvalue weighted by atomic mass is 16.1. The number of nitrogens with zero attached hydrogens (tertiary/aromatic N) is 4. The third-order valence-electron chi connectivity index (χ3n) is 4.06. The Morgan fingerprint density at radius 1 is 1.32 bits per heavy atom. The first-order valence-electron chi connectivity index (χ1n) is 8.27. The van der Waals surface area contributed by atoms with Crippen LogP contribution < -0.4 is 5.32 Å². The Morgan fingerprint density at radius 2 is 2.12 bits per heavy atom. The minimum Gasteiger partial charge on any atom is -0.345 e. The van der Waals surface area contributed by atoms with Gasteiger partial charge >= 0.3 is 0 Å². The lowest BCUT2D eigenvalue weighted by atomic mass is 10.1. The fraction of sp³-hybridized carbons (Fsp3) is 0.333. The fourth-order valence-electron chi connectivity index (χ4n) is 2.71. The van der Waals surface area contributed by atoms with Gasteiger partial charge in [0, 0.05) is 11.9 Å². The summed E-state index contributed by atoms with van der Waals surface area (Å²) in [6, 6.07) is 5.62. The van der Waals surface area contributed by atoms with Crippen molar-refractivity contribution in [2.45, 2.75) is 40.2 Å². The summed E-state index contributed by atoms with van der Waals surface area (Å²) in [5.41, 5.74) is 3.34. The number of carbonyl (C=O) groups is 1. The maximum absolute atomic E-state index is 12.7. The van der Waals surface area contributed by atoms with E-state index < -0.39 is 0 Å².